The highest BCUT2D eigenvalue weighted by Gasteiger charge is 2.13. The Morgan fingerprint density at radius 3 is 1.40 bits per heavy atom. The van der Waals surface area contributed by atoms with E-state index < -0.39 is 0 Å². The van der Waals surface area contributed by atoms with Gasteiger partial charge in [0.25, 0.3) is 0 Å². The molecule has 1 fully saturated rings. The van der Waals surface area contributed by atoms with Crippen molar-refractivity contribution >= 4 is 24.8 Å². The van der Waals surface area contributed by atoms with Crippen molar-refractivity contribution < 1.29 is 0 Å². The number of rotatable bonds is 0. The van der Waals surface area contributed by atoms with Crippen LogP contribution in [-0.4, -0.2) is 25.2 Å². The summed E-state index contributed by atoms with van der Waals surface area (Å²) < 4.78 is 0. The smallest absolute Gasteiger partial charge is 0.0190 e. The van der Waals surface area contributed by atoms with Crippen molar-refractivity contribution in [2.75, 3.05) is 13.1 Å². The molecule has 10 heavy (non-hydrogen) atoms. The molecule has 0 radical (unpaired) electrons. The number of halogens is 2. The number of nitrogens with one attached hydrogen (secondary N) is 2. The van der Waals surface area contributed by atoms with Gasteiger partial charge in [0.15, 0.2) is 0 Å². The molecule has 0 amide bonds. The van der Waals surface area contributed by atoms with Gasteiger partial charge in [0.05, 0.1) is 0 Å². The van der Waals surface area contributed by atoms with E-state index in [9.17, 15) is 0 Å². The van der Waals surface area contributed by atoms with Gasteiger partial charge in [0.1, 0.15) is 0 Å². The molecule has 0 bridgehead atoms. The summed E-state index contributed by atoms with van der Waals surface area (Å²) in [5.74, 6) is 0. The quantitative estimate of drug-likeness (QED) is 0.586. The fraction of sp³-hybridized carbons (Fsp3) is 1.00. The van der Waals surface area contributed by atoms with Crippen LogP contribution in [0.4, 0.5) is 0 Å². The first kappa shape index (κ1) is 13.1. The second kappa shape index (κ2) is 6.23. The molecule has 2 N–H and O–H groups in total. The molecule has 1 saturated heterocycles. The molecule has 1 rings (SSSR count). The molecule has 64 valence electrons. The van der Waals surface area contributed by atoms with Gasteiger partial charge in [-0.3, -0.25) is 0 Å². The predicted octanol–water partition coefficient (Wildman–Crippen LogP) is 0.800. The molecule has 1 heterocycles. The molecule has 0 unspecified atom stereocenters. The molecule has 0 aromatic rings. The summed E-state index contributed by atoms with van der Waals surface area (Å²) in [5, 5.41) is 6.74. The van der Waals surface area contributed by atoms with Crippen molar-refractivity contribution in [1.29, 1.82) is 0 Å². The predicted molar refractivity (Wildman–Crippen MR) is 49.4 cm³/mol. The van der Waals surface area contributed by atoms with Gasteiger partial charge in [-0.1, -0.05) is 0 Å². The minimum atomic E-state index is 0. The molecule has 1 aliphatic rings. The third-order valence-electron chi connectivity index (χ3n) is 1.81. The molecule has 0 aliphatic carbocycles. The Balaban J connectivity index is 0. The van der Waals surface area contributed by atoms with Gasteiger partial charge in [-0.25, -0.2) is 0 Å². The summed E-state index contributed by atoms with van der Waals surface area (Å²) in [5.41, 5.74) is 0. The lowest BCUT2D eigenvalue weighted by Gasteiger charge is -2.27. The zero-order valence-electron chi connectivity index (χ0n) is 6.39. The Kier molecular flexibility index (Phi) is 8.17. The average Bonchev–Trinajstić information content (AvgIpc) is 1.77. The van der Waals surface area contributed by atoms with E-state index in [0.29, 0.717) is 12.1 Å². The molecule has 0 spiro atoms. The van der Waals surface area contributed by atoms with Gasteiger partial charge in [0, 0.05) is 25.2 Å². The van der Waals surface area contributed by atoms with E-state index in [2.05, 4.69) is 24.5 Å². The fourth-order valence-corrected chi connectivity index (χ4v) is 0.953. The van der Waals surface area contributed by atoms with E-state index in [-0.39, 0.29) is 24.8 Å². The second-order valence-corrected chi connectivity index (χ2v) is 2.49. The van der Waals surface area contributed by atoms with Gasteiger partial charge in [-0.05, 0) is 13.8 Å². The van der Waals surface area contributed by atoms with Crippen molar-refractivity contribution in [2.24, 2.45) is 0 Å². The highest BCUT2D eigenvalue weighted by atomic mass is 35.5. The lowest BCUT2D eigenvalue weighted by Crippen LogP contribution is -2.52. The fourth-order valence-electron chi connectivity index (χ4n) is 0.953. The Hall–Kier alpha value is 0.500. The van der Waals surface area contributed by atoms with Crippen LogP contribution in [0.5, 0.6) is 0 Å². The summed E-state index contributed by atoms with van der Waals surface area (Å²) in [6.07, 6.45) is 0. The number of piperazine rings is 1. The van der Waals surface area contributed by atoms with Crippen LogP contribution in [0, 0.1) is 0 Å². The van der Waals surface area contributed by atoms with Gasteiger partial charge in [-0.15, -0.1) is 24.8 Å². The zero-order chi connectivity index (χ0) is 5.98. The van der Waals surface area contributed by atoms with Crippen molar-refractivity contribution in [3.8, 4) is 0 Å². The summed E-state index contributed by atoms with van der Waals surface area (Å²) in [4.78, 5) is 0. The largest absolute Gasteiger partial charge is 0.311 e. The molecule has 2 atom stereocenters. The Bertz CT molecular complexity index is 70.1. The van der Waals surface area contributed by atoms with Crippen LogP contribution < -0.4 is 10.6 Å². The highest BCUT2D eigenvalue weighted by molar-refractivity contribution is 5.85. The van der Waals surface area contributed by atoms with Crippen molar-refractivity contribution in [3.63, 3.8) is 0 Å². The maximum Gasteiger partial charge on any atom is 0.0190 e. The van der Waals surface area contributed by atoms with Crippen LogP contribution >= 0.6 is 24.8 Å². The van der Waals surface area contributed by atoms with Gasteiger partial charge < -0.3 is 10.6 Å². The first-order valence-electron chi connectivity index (χ1n) is 3.27. The second-order valence-electron chi connectivity index (χ2n) is 2.49. The van der Waals surface area contributed by atoms with Crippen molar-refractivity contribution in [2.45, 2.75) is 25.9 Å². The third kappa shape index (κ3) is 3.62. The molecular weight excluding hydrogens is 171 g/mol. The van der Waals surface area contributed by atoms with Gasteiger partial charge >= 0.3 is 0 Å². The van der Waals surface area contributed by atoms with E-state index >= 15 is 0 Å². The maximum absolute atomic E-state index is 3.37. The lowest BCUT2D eigenvalue weighted by atomic mass is 10.1. The third-order valence-corrected chi connectivity index (χ3v) is 1.81. The Morgan fingerprint density at radius 1 is 0.900 bits per heavy atom. The summed E-state index contributed by atoms with van der Waals surface area (Å²) >= 11 is 0. The lowest BCUT2D eigenvalue weighted by molar-refractivity contribution is 0.358. The van der Waals surface area contributed by atoms with Crippen molar-refractivity contribution in [1.82, 2.24) is 10.6 Å². The van der Waals surface area contributed by atoms with Crippen LogP contribution in [-0.2, 0) is 0 Å². The Labute approximate surface area is 75.0 Å². The number of hydrogen-bond donors (Lipinski definition) is 2. The van der Waals surface area contributed by atoms with Gasteiger partial charge in [-0.2, -0.15) is 0 Å². The summed E-state index contributed by atoms with van der Waals surface area (Å²) in [6.45, 7) is 6.64. The molecule has 1 aliphatic heterocycles. The van der Waals surface area contributed by atoms with Crippen molar-refractivity contribution in [3.05, 3.63) is 0 Å². The normalized spacial score (nSPS) is 31.8. The van der Waals surface area contributed by atoms with E-state index in [1.807, 2.05) is 0 Å². The number of hydrogen-bond acceptors (Lipinski definition) is 2. The van der Waals surface area contributed by atoms with E-state index in [4.69, 9.17) is 0 Å². The first-order valence-corrected chi connectivity index (χ1v) is 3.27. The minimum absolute atomic E-state index is 0. The standard InChI is InChI=1S/C6H14N2.2ClH/c1-5-6(2)8-4-3-7-5;;/h5-8H,3-4H2,1-2H3;2*1H/t5-,6+;;. The van der Waals surface area contributed by atoms with Crippen LogP contribution in [0.3, 0.4) is 0 Å². The summed E-state index contributed by atoms with van der Waals surface area (Å²) in [6, 6.07) is 1.28. The zero-order valence-corrected chi connectivity index (χ0v) is 8.02. The molecule has 2 nitrogen and oxygen atoms in total. The van der Waals surface area contributed by atoms with E-state index in [0.717, 1.165) is 13.1 Å². The van der Waals surface area contributed by atoms with Crippen LogP contribution in [0.2, 0.25) is 0 Å². The average molecular weight is 187 g/mol. The SMILES string of the molecule is C[C@@H]1NCCN[C@@H]1C.Cl.Cl. The van der Waals surface area contributed by atoms with E-state index in [1.165, 1.54) is 0 Å². The van der Waals surface area contributed by atoms with Gasteiger partial charge in [0.2, 0.25) is 0 Å². The molecule has 0 aromatic carbocycles. The maximum atomic E-state index is 3.37. The molecule has 4 heteroatoms. The van der Waals surface area contributed by atoms with E-state index in [1.54, 1.807) is 0 Å². The van der Waals surface area contributed by atoms with Crippen LogP contribution in [0.1, 0.15) is 13.8 Å². The highest BCUT2D eigenvalue weighted by Crippen LogP contribution is 1.93. The summed E-state index contributed by atoms with van der Waals surface area (Å²) in [7, 11) is 0. The Morgan fingerprint density at radius 2 is 1.20 bits per heavy atom. The van der Waals surface area contributed by atoms with Crippen LogP contribution in [0.15, 0.2) is 0 Å². The molecule has 0 aromatic heterocycles. The van der Waals surface area contributed by atoms with Crippen LogP contribution in [0.25, 0.3) is 0 Å². The molecular formula is C6H16Cl2N2. The monoisotopic (exact) mass is 186 g/mol. The molecule has 0 saturated carbocycles. The minimum Gasteiger partial charge on any atom is -0.311 e. The first-order chi connectivity index (χ1) is 3.80. The topological polar surface area (TPSA) is 24.1 Å².